The molecule has 0 amide bonds. The summed E-state index contributed by atoms with van der Waals surface area (Å²) in [7, 11) is -2.83. The molecule has 0 spiro atoms. The van der Waals surface area contributed by atoms with Crippen LogP contribution in [0.4, 0.5) is 0 Å². The quantitative estimate of drug-likeness (QED) is 0.510. The third-order valence-corrected chi connectivity index (χ3v) is 4.00. The molecule has 0 saturated carbocycles. The fourth-order valence-corrected chi connectivity index (χ4v) is 2.71. The van der Waals surface area contributed by atoms with Crippen molar-refractivity contribution in [3.63, 3.8) is 0 Å². The Morgan fingerprint density at radius 1 is 1.38 bits per heavy atom. The number of nitrogens with zero attached hydrogens (tertiary/aromatic N) is 1. The lowest BCUT2D eigenvalue weighted by Crippen LogP contribution is -2.41. The summed E-state index contributed by atoms with van der Waals surface area (Å²) in [5.41, 5.74) is 0. The van der Waals surface area contributed by atoms with Crippen molar-refractivity contribution in [1.29, 1.82) is 0 Å². The molecule has 0 radical (unpaired) electrons. The highest BCUT2D eigenvalue weighted by atomic mass is 32.2. The zero-order valence-corrected chi connectivity index (χ0v) is 10.2. The predicted octanol–water partition coefficient (Wildman–Crippen LogP) is -0.164. The SMILES string of the molecule is CC=CC(=O)OCCN1CCS(=O)(=O)CC1. The Kier molecular flexibility index (Phi) is 4.95. The van der Waals surface area contributed by atoms with Gasteiger partial charge in [0.2, 0.25) is 0 Å². The minimum atomic E-state index is -2.83. The number of rotatable bonds is 4. The normalized spacial score (nSPS) is 21.1. The number of esters is 1. The monoisotopic (exact) mass is 247 g/mol. The van der Waals surface area contributed by atoms with Crippen molar-refractivity contribution in [3.8, 4) is 0 Å². The minimum absolute atomic E-state index is 0.204. The summed E-state index contributed by atoms with van der Waals surface area (Å²) in [6, 6.07) is 0. The molecule has 0 unspecified atom stereocenters. The molecule has 92 valence electrons. The lowest BCUT2D eigenvalue weighted by molar-refractivity contribution is -0.138. The molecule has 1 aliphatic rings. The molecule has 1 heterocycles. The molecule has 0 aliphatic carbocycles. The minimum Gasteiger partial charge on any atom is -0.461 e. The molecule has 0 aromatic rings. The predicted molar refractivity (Wildman–Crippen MR) is 60.9 cm³/mol. The maximum atomic E-state index is 11.1. The number of hydrogen-bond donors (Lipinski definition) is 0. The fourth-order valence-electron chi connectivity index (χ4n) is 1.43. The Labute approximate surface area is 96.0 Å². The molecule has 0 aromatic heterocycles. The van der Waals surface area contributed by atoms with Gasteiger partial charge in [0.25, 0.3) is 0 Å². The van der Waals surface area contributed by atoms with E-state index in [2.05, 4.69) is 0 Å². The first-order valence-electron chi connectivity index (χ1n) is 5.26. The topological polar surface area (TPSA) is 63.7 Å². The second-order valence-corrected chi connectivity index (χ2v) is 5.96. The molecule has 16 heavy (non-hydrogen) atoms. The van der Waals surface area contributed by atoms with Crippen LogP contribution < -0.4 is 0 Å². The van der Waals surface area contributed by atoms with E-state index in [4.69, 9.17) is 4.74 Å². The van der Waals surface area contributed by atoms with Gasteiger partial charge in [-0.15, -0.1) is 0 Å². The van der Waals surface area contributed by atoms with Crippen LogP contribution in [-0.2, 0) is 19.4 Å². The highest BCUT2D eigenvalue weighted by Gasteiger charge is 2.21. The molecule has 1 aliphatic heterocycles. The highest BCUT2D eigenvalue weighted by Crippen LogP contribution is 2.02. The fraction of sp³-hybridized carbons (Fsp3) is 0.700. The van der Waals surface area contributed by atoms with Gasteiger partial charge >= 0.3 is 5.97 Å². The van der Waals surface area contributed by atoms with Crippen molar-refractivity contribution in [2.75, 3.05) is 37.7 Å². The van der Waals surface area contributed by atoms with Gasteiger partial charge in [-0.05, 0) is 6.92 Å². The zero-order chi connectivity index (χ0) is 12.0. The number of sulfone groups is 1. The summed E-state index contributed by atoms with van der Waals surface area (Å²) in [4.78, 5) is 13.0. The maximum absolute atomic E-state index is 11.1. The second kappa shape index (κ2) is 6.00. The van der Waals surface area contributed by atoms with E-state index in [9.17, 15) is 13.2 Å². The molecular weight excluding hydrogens is 230 g/mol. The summed E-state index contributed by atoms with van der Waals surface area (Å²) in [5.74, 6) is 0.0538. The average molecular weight is 247 g/mol. The molecular formula is C10H17NO4S. The number of carbonyl (C=O) groups is 1. The van der Waals surface area contributed by atoms with Gasteiger partial charge in [0.1, 0.15) is 6.61 Å². The number of ether oxygens (including phenoxy) is 1. The Morgan fingerprint density at radius 3 is 2.56 bits per heavy atom. The molecule has 0 aromatic carbocycles. The van der Waals surface area contributed by atoms with E-state index >= 15 is 0 Å². The first kappa shape index (κ1) is 13.2. The second-order valence-electron chi connectivity index (χ2n) is 3.66. The van der Waals surface area contributed by atoms with Crippen LogP contribution in [0.5, 0.6) is 0 Å². The van der Waals surface area contributed by atoms with Crippen LogP contribution in [0.2, 0.25) is 0 Å². The Balaban J connectivity index is 2.18. The van der Waals surface area contributed by atoms with E-state index in [-0.39, 0.29) is 17.5 Å². The average Bonchev–Trinajstić information content (AvgIpc) is 2.21. The van der Waals surface area contributed by atoms with E-state index in [0.29, 0.717) is 26.2 Å². The van der Waals surface area contributed by atoms with Gasteiger partial charge < -0.3 is 4.74 Å². The van der Waals surface area contributed by atoms with Crippen LogP contribution in [0.1, 0.15) is 6.92 Å². The maximum Gasteiger partial charge on any atom is 0.330 e. The third-order valence-electron chi connectivity index (χ3n) is 2.39. The first-order valence-corrected chi connectivity index (χ1v) is 7.08. The smallest absolute Gasteiger partial charge is 0.330 e. The van der Waals surface area contributed by atoms with E-state index in [1.54, 1.807) is 13.0 Å². The van der Waals surface area contributed by atoms with Gasteiger partial charge in [0, 0.05) is 25.7 Å². The molecule has 0 atom stereocenters. The van der Waals surface area contributed by atoms with Gasteiger partial charge in [0.15, 0.2) is 9.84 Å². The molecule has 1 saturated heterocycles. The van der Waals surface area contributed by atoms with Crippen LogP contribution in [0, 0.1) is 0 Å². The van der Waals surface area contributed by atoms with Crippen LogP contribution in [0.15, 0.2) is 12.2 Å². The van der Waals surface area contributed by atoms with Crippen LogP contribution in [0.25, 0.3) is 0 Å². The molecule has 5 nitrogen and oxygen atoms in total. The van der Waals surface area contributed by atoms with Crippen molar-refractivity contribution in [2.24, 2.45) is 0 Å². The van der Waals surface area contributed by atoms with Gasteiger partial charge in [0.05, 0.1) is 11.5 Å². The molecule has 6 heteroatoms. The molecule has 0 N–H and O–H groups in total. The van der Waals surface area contributed by atoms with E-state index in [1.165, 1.54) is 6.08 Å². The van der Waals surface area contributed by atoms with Crippen LogP contribution >= 0.6 is 0 Å². The van der Waals surface area contributed by atoms with Crippen molar-refractivity contribution >= 4 is 15.8 Å². The Morgan fingerprint density at radius 2 is 2.00 bits per heavy atom. The van der Waals surface area contributed by atoms with Crippen LogP contribution in [-0.4, -0.2) is 57.0 Å². The van der Waals surface area contributed by atoms with Gasteiger partial charge in [-0.3, -0.25) is 4.90 Å². The van der Waals surface area contributed by atoms with E-state index in [0.717, 1.165) is 0 Å². The molecule has 1 rings (SSSR count). The lowest BCUT2D eigenvalue weighted by atomic mass is 10.5. The van der Waals surface area contributed by atoms with Crippen molar-refractivity contribution in [2.45, 2.75) is 6.92 Å². The summed E-state index contributed by atoms with van der Waals surface area (Å²) >= 11 is 0. The van der Waals surface area contributed by atoms with Gasteiger partial charge in [-0.1, -0.05) is 6.08 Å². The molecule has 1 fully saturated rings. The summed E-state index contributed by atoms with van der Waals surface area (Å²) in [6.45, 7) is 3.71. The summed E-state index contributed by atoms with van der Waals surface area (Å²) < 4.78 is 27.2. The van der Waals surface area contributed by atoms with Crippen molar-refractivity contribution < 1.29 is 17.9 Å². The third kappa shape index (κ3) is 4.76. The zero-order valence-electron chi connectivity index (χ0n) is 9.39. The van der Waals surface area contributed by atoms with Crippen LogP contribution in [0.3, 0.4) is 0 Å². The highest BCUT2D eigenvalue weighted by molar-refractivity contribution is 7.91. The van der Waals surface area contributed by atoms with E-state index in [1.807, 2.05) is 4.90 Å². The molecule has 0 bridgehead atoms. The number of carbonyl (C=O) groups excluding carboxylic acids is 1. The number of hydrogen-bond acceptors (Lipinski definition) is 5. The van der Waals surface area contributed by atoms with Gasteiger partial charge in [-0.25, -0.2) is 13.2 Å². The summed E-state index contributed by atoms with van der Waals surface area (Å²) in [6.07, 6.45) is 2.98. The Hall–Kier alpha value is -0.880. The Bertz CT molecular complexity index is 347. The first-order chi connectivity index (χ1) is 7.53. The van der Waals surface area contributed by atoms with E-state index < -0.39 is 9.84 Å². The summed E-state index contributed by atoms with van der Waals surface area (Å²) in [5, 5.41) is 0. The van der Waals surface area contributed by atoms with Crippen molar-refractivity contribution in [1.82, 2.24) is 4.90 Å². The largest absolute Gasteiger partial charge is 0.461 e. The lowest BCUT2D eigenvalue weighted by Gasteiger charge is -2.25. The van der Waals surface area contributed by atoms with Crippen molar-refractivity contribution in [3.05, 3.63) is 12.2 Å². The standard InChI is InChI=1S/C10H17NO4S/c1-2-3-10(12)15-7-4-11-5-8-16(13,14)9-6-11/h2-3H,4-9H2,1H3. The number of allylic oxidation sites excluding steroid dienone is 1. The van der Waals surface area contributed by atoms with Gasteiger partial charge in [-0.2, -0.15) is 0 Å².